The highest BCUT2D eigenvalue weighted by Crippen LogP contribution is 2.25. The van der Waals surface area contributed by atoms with Gasteiger partial charge in [-0.2, -0.15) is 4.72 Å². The largest absolute Gasteiger partial charge is 0.491 e. The van der Waals surface area contributed by atoms with Gasteiger partial charge in [0.2, 0.25) is 10.0 Å². The number of hydrogen-bond donors (Lipinski definition) is 1. The second-order valence-electron chi connectivity index (χ2n) is 6.52. The molecule has 1 unspecified atom stereocenters. The average molecular weight is 434 g/mol. The number of sulfonamides is 1. The molecule has 0 aliphatic heterocycles. The summed E-state index contributed by atoms with van der Waals surface area (Å²) in [6.07, 6.45) is 3.26. The van der Waals surface area contributed by atoms with Gasteiger partial charge in [-0.25, -0.2) is 17.8 Å². The normalized spacial score (nSPS) is 12.6. The van der Waals surface area contributed by atoms with Gasteiger partial charge in [0.1, 0.15) is 30.0 Å². The van der Waals surface area contributed by atoms with Gasteiger partial charge in [0.25, 0.3) is 0 Å². The number of ether oxygens (including phenoxy) is 2. The Kier molecular flexibility index (Phi) is 7.20. The maximum Gasteiger partial charge on any atom is 0.241 e. The van der Waals surface area contributed by atoms with Crippen molar-refractivity contribution in [1.29, 1.82) is 0 Å². The second-order valence-corrected chi connectivity index (χ2v) is 8.24. The molecule has 3 aromatic rings. The third-order valence-corrected chi connectivity index (χ3v) is 5.84. The van der Waals surface area contributed by atoms with Crippen molar-refractivity contribution >= 4 is 10.0 Å². The molecule has 7 nitrogen and oxygen atoms in total. The van der Waals surface area contributed by atoms with Crippen molar-refractivity contribution in [2.75, 3.05) is 19.8 Å². The fraction of sp³-hybridized carbons (Fsp3) is 0.286. The van der Waals surface area contributed by atoms with Crippen molar-refractivity contribution in [2.24, 2.45) is 7.05 Å². The zero-order valence-corrected chi connectivity index (χ0v) is 17.6. The number of aryl methyl sites for hydroxylation is 1. The van der Waals surface area contributed by atoms with E-state index in [4.69, 9.17) is 9.47 Å². The number of imidazole rings is 1. The van der Waals surface area contributed by atoms with Crippen LogP contribution in [0.5, 0.6) is 5.75 Å². The molecule has 0 amide bonds. The van der Waals surface area contributed by atoms with Gasteiger partial charge in [0.05, 0.1) is 11.5 Å². The lowest BCUT2D eigenvalue weighted by Gasteiger charge is -2.19. The summed E-state index contributed by atoms with van der Waals surface area (Å²) in [5.41, 5.74) is 0.448. The van der Waals surface area contributed by atoms with Gasteiger partial charge in [-0.1, -0.05) is 12.1 Å². The zero-order chi connectivity index (χ0) is 21.6. The van der Waals surface area contributed by atoms with Crippen LogP contribution in [-0.2, 0) is 21.8 Å². The standard InChI is InChI=1S/C21H24FN3O4S/c1-3-28-13-14-29-18-7-9-19(10-8-18)30(26,27)24-20(21-23-11-12-25(21)2)16-5-4-6-17(22)15-16/h4-12,15,20,24H,3,13-14H2,1-2H3. The van der Waals surface area contributed by atoms with Gasteiger partial charge in [0.15, 0.2) is 0 Å². The van der Waals surface area contributed by atoms with E-state index in [9.17, 15) is 12.8 Å². The molecule has 1 heterocycles. The van der Waals surface area contributed by atoms with E-state index in [0.29, 0.717) is 37.0 Å². The van der Waals surface area contributed by atoms with Crippen LogP contribution in [0.2, 0.25) is 0 Å². The van der Waals surface area contributed by atoms with E-state index in [-0.39, 0.29) is 4.90 Å². The summed E-state index contributed by atoms with van der Waals surface area (Å²) in [4.78, 5) is 4.31. The minimum absolute atomic E-state index is 0.0651. The summed E-state index contributed by atoms with van der Waals surface area (Å²) < 4.78 is 54.9. The van der Waals surface area contributed by atoms with Crippen LogP contribution >= 0.6 is 0 Å². The third-order valence-electron chi connectivity index (χ3n) is 4.41. The quantitative estimate of drug-likeness (QED) is 0.497. The Balaban J connectivity index is 1.82. The van der Waals surface area contributed by atoms with E-state index < -0.39 is 21.9 Å². The fourth-order valence-electron chi connectivity index (χ4n) is 2.91. The van der Waals surface area contributed by atoms with Crippen molar-refractivity contribution in [3.63, 3.8) is 0 Å². The number of nitrogens with one attached hydrogen (secondary N) is 1. The number of halogens is 1. The van der Waals surface area contributed by atoms with E-state index in [1.807, 2.05) is 6.92 Å². The lowest BCUT2D eigenvalue weighted by atomic mass is 10.1. The molecule has 0 aliphatic carbocycles. The second kappa shape index (κ2) is 9.84. The highest BCUT2D eigenvalue weighted by Gasteiger charge is 2.26. The molecule has 0 aliphatic rings. The molecule has 1 aromatic heterocycles. The van der Waals surface area contributed by atoms with Crippen LogP contribution in [0.4, 0.5) is 4.39 Å². The number of rotatable bonds is 10. The Labute approximate surface area is 175 Å². The van der Waals surface area contributed by atoms with Gasteiger partial charge in [-0.05, 0) is 48.9 Å². The molecule has 0 saturated heterocycles. The van der Waals surface area contributed by atoms with Crippen LogP contribution in [-0.4, -0.2) is 37.8 Å². The van der Waals surface area contributed by atoms with Crippen molar-refractivity contribution < 1.29 is 22.3 Å². The number of hydrogen-bond acceptors (Lipinski definition) is 5. The summed E-state index contributed by atoms with van der Waals surface area (Å²) in [5, 5.41) is 0. The predicted octanol–water partition coefficient (Wildman–Crippen LogP) is 3.04. The maximum atomic E-state index is 13.8. The van der Waals surface area contributed by atoms with E-state index in [0.717, 1.165) is 0 Å². The van der Waals surface area contributed by atoms with Gasteiger partial charge in [-0.3, -0.25) is 0 Å². The molecule has 2 aromatic carbocycles. The van der Waals surface area contributed by atoms with E-state index in [1.165, 1.54) is 30.3 Å². The Morgan fingerprint density at radius 3 is 2.57 bits per heavy atom. The van der Waals surface area contributed by atoms with Crippen molar-refractivity contribution in [3.05, 3.63) is 78.1 Å². The van der Waals surface area contributed by atoms with Crippen LogP contribution < -0.4 is 9.46 Å². The van der Waals surface area contributed by atoms with E-state index in [1.54, 1.807) is 42.2 Å². The van der Waals surface area contributed by atoms with Crippen LogP contribution in [0.25, 0.3) is 0 Å². The topological polar surface area (TPSA) is 82.4 Å². The Morgan fingerprint density at radius 1 is 1.17 bits per heavy atom. The highest BCUT2D eigenvalue weighted by molar-refractivity contribution is 7.89. The van der Waals surface area contributed by atoms with Crippen LogP contribution in [0.3, 0.4) is 0 Å². The molecule has 1 N–H and O–H groups in total. The Morgan fingerprint density at radius 2 is 1.93 bits per heavy atom. The van der Waals surface area contributed by atoms with Gasteiger partial charge in [-0.15, -0.1) is 0 Å². The first-order chi connectivity index (χ1) is 14.4. The highest BCUT2D eigenvalue weighted by atomic mass is 32.2. The van der Waals surface area contributed by atoms with E-state index in [2.05, 4.69) is 9.71 Å². The van der Waals surface area contributed by atoms with E-state index >= 15 is 0 Å². The lowest BCUT2D eigenvalue weighted by molar-refractivity contribution is 0.110. The first-order valence-corrected chi connectivity index (χ1v) is 10.9. The molecular weight excluding hydrogens is 409 g/mol. The fourth-order valence-corrected chi connectivity index (χ4v) is 4.09. The predicted molar refractivity (Wildman–Crippen MR) is 110 cm³/mol. The summed E-state index contributed by atoms with van der Waals surface area (Å²) in [6, 6.07) is 11.0. The molecule has 3 rings (SSSR count). The molecule has 0 spiro atoms. The van der Waals surface area contributed by atoms with Gasteiger partial charge >= 0.3 is 0 Å². The number of aromatic nitrogens is 2. The average Bonchev–Trinajstić information content (AvgIpc) is 3.15. The maximum absolute atomic E-state index is 13.8. The van der Waals surface area contributed by atoms with Crippen molar-refractivity contribution in [2.45, 2.75) is 17.9 Å². The number of benzene rings is 2. The monoisotopic (exact) mass is 433 g/mol. The van der Waals surface area contributed by atoms with Gasteiger partial charge < -0.3 is 14.0 Å². The lowest BCUT2D eigenvalue weighted by Crippen LogP contribution is -2.31. The minimum Gasteiger partial charge on any atom is -0.491 e. The summed E-state index contributed by atoms with van der Waals surface area (Å²) in [7, 11) is -2.17. The molecular formula is C21H24FN3O4S. The summed E-state index contributed by atoms with van der Waals surface area (Å²) in [5.74, 6) is 0.527. The molecule has 0 bridgehead atoms. The smallest absolute Gasteiger partial charge is 0.241 e. The molecule has 1 atom stereocenters. The first kappa shape index (κ1) is 21.9. The molecule has 160 valence electrons. The van der Waals surface area contributed by atoms with Crippen molar-refractivity contribution in [3.8, 4) is 5.75 Å². The zero-order valence-electron chi connectivity index (χ0n) is 16.8. The summed E-state index contributed by atoms with van der Waals surface area (Å²) in [6.45, 7) is 3.33. The molecule has 0 saturated carbocycles. The van der Waals surface area contributed by atoms with Crippen molar-refractivity contribution in [1.82, 2.24) is 14.3 Å². The Hall–Kier alpha value is -2.75. The van der Waals surface area contributed by atoms with Crippen LogP contribution in [0.1, 0.15) is 24.4 Å². The Bertz CT molecular complexity index is 1070. The van der Waals surface area contributed by atoms with Crippen LogP contribution in [0, 0.1) is 5.82 Å². The summed E-state index contributed by atoms with van der Waals surface area (Å²) >= 11 is 0. The molecule has 9 heteroatoms. The first-order valence-electron chi connectivity index (χ1n) is 9.46. The molecule has 0 radical (unpaired) electrons. The molecule has 30 heavy (non-hydrogen) atoms. The third kappa shape index (κ3) is 5.44. The van der Waals surface area contributed by atoms with Crippen LogP contribution in [0.15, 0.2) is 65.8 Å². The van der Waals surface area contributed by atoms with Gasteiger partial charge in [0, 0.05) is 26.0 Å². The number of nitrogens with zero attached hydrogens (tertiary/aromatic N) is 2. The molecule has 0 fully saturated rings. The minimum atomic E-state index is -3.92. The SMILES string of the molecule is CCOCCOc1ccc(S(=O)(=O)NC(c2cccc(F)c2)c2nccn2C)cc1.